The number of carbonyl (C=O) groups excluding carboxylic acids is 1. The van der Waals surface area contributed by atoms with E-state index in [4.69, 9.17) is 4.74 Å². The van der Waals surface area contributed by atoms with Crippen molar-refractivity contribution < 1.29 is 9.53 Å². The van der Waals surface area contributed by atoms with E-state index < -0.39 is 0 Å². The molecule has 8 heteroatoms. The van der Waals surface area contributed by atoms with Crippen LogP contribution in [0.3, 0.4) is 0 Å². The van der Waals surface area contributed by atoms with Crippen molar-refractivity contribution in [3.05, 3.63) is 35.7 Å². The highest BCUT2D eigenvalue weighted by molar-refractivity contribution is 8.93. The van der Waals surface area contributed by atoms with Gasteiger partial charge in [-0.05, 0) is 39.1 Å². The van der Waals surface area contributed by atoms with Crippen LogP contribution in [0.5, 0.6) is 0 Å². The first kappa shape index (κ1) is 23.7. The standard InChI is InChI=1S/C19H26N4O2.2BrH/c1-5-21(6-2)12-13-22-15-10-8-9-11-16(15)23-17(18(24)25-7-3)14(4)20-19(22)23;;/h8-11H,5-7,12-13H2,1-4H3;2*1H. The Labute approximate surface area is 181 Å². The Hall–Kier alpha value is -1.38. The molecule has 0 fully saturated rings. The Bertz CT molecular complexity index is 900. The molecule has 6 nitrogen and oxygen atoms in total. The number of rotatable bonds is 7. The number of carbonyl (C=O) groups is 1. The Morgan fingerprint density at radius 3 is 2.33 bits per heavy atom. The highest BCUT2D eigenvalue weighted by atomic mass is 79.9. The van der Waals surface area contributed by atoms with Crippen LogP contribution in [0.4, 0.5) is 0 Å². The third kappa shape index (κ3) is 4.38. The number of benzene rings is 1. The molecule has 0 N–H and O–H groups in total. The van der Waals surface area contributed by atoms with Crippen LogP contribution in [0, 0.1) is 6.92 Å². The van der Waals surface area contributed by atoms with Crippen molar-refractivity contribution in [2.24, 2.45) is 0 Å². The second-order valence-corrected chi connectivity index (χ2v) is 6.07. The number of nitrogens with zero attached hydrogens (tertiary/aromatic N) is 4. The summed E-state index contributed by atoms with van der Waals surface area (Å²) in [5.74, 6) is 0.480. The van der Waals surface area contributed by atoms with Crippen LogP contribution in [0.25, 0.3) is 16.8 Å². The van der Waals surface area contributed by atoms with Gasteiger partial charge in [-0.3, -0.25) is 4.40 Å². The fourth-order valence-electron chi connectivity index (χ4n) is 3.35. The molecule has 0 spiro atoms. The summed E-state index contributed by atoms with van der Waals surface area (Å²) in [6, 6.07) is 8.12. The quantitative estimate of drug-likeness (QED) is 0.452. The molecule has 0 aliphatic carbocycles. The largest absolute Gasteiger partial charge is 0.461 e. The van der Waals surface area contributed by atoms with E-state index in [2.05, 4.69) is 34.4 Å². The number of hydrogen-bond donors (Lipinski definition) is 0. The van der Waals surface area contributed by atoms with E-state index in [9.17, 15) is 4.79 Å². The van der Waals surface area contributed by atoms with E-state index in [0.717, 1.165) is 43.0 Å². The number of imidazole rings is 2. The molecule has 27 heavy (non-hydrogen) atoms. The predicted molar refractivity (Wildman–Crippen MR) is 120 cm³/mol. The molecule has 0 amide bonds. The van der Waals surface area contributed by atoms with Crippen LogP contribution in [0.15, 0.2) is 24.3 Å². The summed E-state index contributed by atoms with van der Waals surface area (Å²) in [4.78, 5) is 19.5. The van der Waals surface area contributed by atoms with E-state index in [-0.39, 0.29) is 39.9 Å². The number of esters is 1. The van der Waals surface area contributed by atoms with E-state index in [1.165, 1.54) is 0 Å². The minimum atomic E-state index is -0.320. The SMILES string of the molecule is Br.Br.CCOC(=O)c1c(C)nc2n(CCN(CC)CC)c3ccccc3n12. The van der Waals surface area contributed by atoms with Gasteiger partial charge in [0.15, 0.2) is 5.69 Å². The summed E-state index contributed by atoms with van der Waals surface area (Å²) in [6.07, 6.45) is 0. The highest BCUT2D eigenvalue weighted by Crippen LogP contribution is 2.24. The first-order valence-electron chi connectivity index (χ1n) is 8.98. The van der Waals surface area contributed by atoms with Gasteiger partial charge in [-0.2, -0.15) is 0 Å². The summed E-state index contributed by atoms with van der Waals surface area (Å²) in [7, 11) is 0. The van der Waals surface area contributed by atoms with E-state index in [1.54, 1.807) is 0 Å². The zero-order valence-corrected chi connectivity index (χ0v) is 19.7. The molecule has 0 aliphatic heterocycles. The minimum Gasteiger partial charge on any atom is -0.461 e. The lowest BCUT2D eigenvalue weighted by Crippen LogP contribution is -2.27. The third-order valence-electron chi connectivity index (χ3n) is 4.69. The molecule has 0 saturated carbocycles. The van der Waals surface area contributed by atoms with Gasteiger partial charge in [-0.1, -0.05) is 26.0 Å². The van der Waals surface area contributed by atoms with Gasteiger partial charge < -0.3 is 14.2 Å². The maximum Gasteiger partial charge on any atom is 0.357 e. The molecular weight excluding hydrogens is 476 g/mol. The third-order valence-corrected chi connectivity index (χ3v) is 4.69. The summed E-state index contributed by atoms with van der Waals surface area (Å²) in [6.45, 7) is 12.2. The first-order chi connectivity index (χ1) is 12.1. The molecule has 0 radical (unpaired) electrons. The second kappa shape index (κ2) is 10.2. The molecule has 0 saturated heterocycles. The fraction of sp³-hybridized carbons (Fsp3) is 0.474. The molecule has 0 bridgehead atoms. The highest BCUT2D eigenvalue weighted by Gasteiger charge is 2.23. The molecule has 0 aliphatic rings. The maximum absolute atomic E-state index is 12.5. The van der Waals surface area contributed by atoms with Crippen molar-refractivity contribution in [3.63, 3.8) is 0 Å². The monoisotopic (exact) mass is 502 g/mol. The van der Waals surface area contributed by atoms with E-state index >= 15 is 0 Å². The van der Waals surface area contributed by atoms with Crippen LogP contribution in [0.2, 0.25) is 0 Å². The van der Waals surface area contributed by atoms with Crippen molar-refractivity contribution >= 4 is 56.7 Å². The topological polar surface area (TPSA) is 51.8 Å². The normalized spacial score (nSPS) is 10.9. The Kier molecular flexibility index (Phi) is 8.98. The lowest BCUT2D eigenvalue weighted by atomic mass is 10.3. The second-order valence-electron chi connectivity index (χ2n) is 6.07. The molecule has 3 aromatic rings. The van der Waals surface area contributed by atoms with Crippen LogP contribution in [-0.4, -0.2) is 51.1 Å². The van der Waals surface area contributed by atoms with Gasteiger partial charge in [0.1, 0.15) is 0 Å². The number of fused-ring (bicyclic) bond motifs is 3. The van der Waals surface area contributed by atoms with Crippen LogP contribution in [0.1, 0.15) is 37.0 Å². The predicted octanol–water partition coefficient (Wildman–Crippen LogP) is 4.27. The number of hydrogen-bond acceptors (Lipinski definition) is 4. The van der Waals surface area contributed by atoms with Crippen molar-refractivity contribution in [1.82, 2.24) is 18.9 Å². The van der Waals surface area contributed by atoms with E-state index in [1.807, 2.05) is 36.4 Å². The molecule has 150 valence electrons. The van der Waals surface area contributed by atoms with Gasteiger partial charge >= 0.3 is 5.97 Å². The lowest BCUT2D eigenvalue weighted by molar-refractivity contribution is 0.0518. The van der Waals surface area contributed by atoms with Gasteiger partial charge in [-0.15, -0.1) is 34.0 Å². The molecule has 1 aromatic carbocycles. The first-order valence-corrected chi connectivity index (χ1v) is 8.98. The Balaban J connectivity index is 0.00000182. The number of aryl methyl sites for hydroxylation is 1. The van der Waals surface area contributed by atoms with Gasteiger partial charge in [0, 0.05) is 13.1 Å². The van der Waals surface area contributed by atoms with Crippen molar-refractivity contribution in [1.29, 1.82) is 0 Å². The zero-order valence-electron chi connectivity index (χ0n) is 16.3. The number of para-hydroxylation sites is 2. The molecule has 0 unspecified atom stereocenters. The lowest BCUT2D eigenvalue weighted by Gasteiger charge is -2.18. The van der Waals surface area contributed by atoms with Crippen LogP contribution < -0.4 is 0 Å². The van der Waals surface area contributed by atoms with Crippen molar-refractivity contribution in [2.45, 2.75) is 34.2 Å². The van der Waals surface area contributed by atoms with E-state index in [0.29, 0.717) is 18.0 Å². The van der Waals surface area contributed by atoms with Gasteiger partial charge in [0.2, 0.25) is 5.78 Å². The zero-order chi connectivity index (χ0) is 18.0. The number of ether oxygens (including phenoxy) is 1. The average molecular weight is 504 g/mol. The number of halogens is 2. The molecule has 2 heterocycles. The maximum atomic E-state index is 12.5. The van der Waals surface area contributed by atoms with Crippen LogP contribution >= 0.6 is 34.0 Å². The van der Waals surface area contributed by atoms with Gasteiger partial charge in [-0.25, -0.2) is 9.78 Å². The van der Waals surface area contributed by atoms with Crippen molar-refractivity contribution in [2.75, 3.05) is 26.2 Å². The summed E-state index contributed by atoms with van der Waals surface area (Å²) in [5, 5.41) is 0. The number of aromatic nitrogens is 3. The molecule has 0 atom stereocenters. The molecule has 3 rings (SSSR count). The molecular formula is C19H28Br2N4O2. The van der Waals surface area contributed by atoms with Gasteiger partial charge in [0.05, 0.1) is 23.3 Å². The Morgan fingerprint density at radius 2 is 1.74 bits per heavy atom. The Morgan fingerprint density at radius 1 is 1.11 bits per heavy atom. The summed E-state index contributed by atoms with van der Waals surface area (Å²) < 4.78 is 9.38. The van der Waals surface area contributed by atoms with Crippen LogP contribution in [-0.2, 0) is 11.3 Å². The molecule has 2 aromatic heterocycles. The minimum absolute atomic E-state index is 0. The summed E-state index contributed by atoms with van der Waals surface area (Å²) >= 11 is 0. The smallest absolute Gasteiger partial charge is 0.357 e. The van der Waals surface area contributed by atoms with Crippen molar-refractivity contribution in [3.8, 4) is 0 Å². The van der Waals surface area contributed by atoms with Gasteiger partial charge in [0.25, 0.3) is 0 Å². The average Bonchev–Trinajstić information content (AvgIpc) is 3.10. The fourth-order valence-corrected chi connectivity index (χ4v) is 3.35. The number of likely N-dealkylation sites (N-methyl/N-ethyl adjacent to an activating group) is 1. The summed E-state index contributed by atoms with van der Waals surface area (Å²) in [5.41, 5.74) is 3.30.